The van der Waals surface area contributed by atoms with Gasteiger partial charge in [-0.2, -0.15) is 4.98 Å². The zero-order chi connectivity index (χ0) is 17.8. The van der Waals surface area contributed by atoms with Gasteiger partial charge in [0.15, 0.2) is 0 Å². The summed E-state index contributed by atoms with van der Waals surface area (Å²) in [7, 11) is 0. The largest absolute Gasteiger partial charge is 0.362 e. The van der Waals surface area contributed by atoms with Gasteiger partial charge in [-0.05, 0) is 24.6 Å². The molecule has 0 saturated heterocycles. The lowest BCUT2D eigenvalue weighted by atomic mass is 10.1. The Kier molecular flexibility index (Phi) is 4.38. The Morgan fingerprint density at radius 1 is 0.923 bits per heavy atom. The zero-order valence-corrected chi connectivity index (χ0v) is 14.2. The molecule has 0 fully saturated rings. The minimum atomic E-state index is 0.103. The molecule has 1 atom stereocenters. The van der Waals surface area contributed by atoms with Crippen molar-refractivity contribution >= 4 is 5.82 Å². The number of hydrogen-bond acceptors (Lipinski definition) is 6. The summed E-state index contributed by atoms with van der Waals surface area (Å²) < 4.78 is 5.37. The molecular weight excluding hydrogens is 326 g/mol. The quantitative estimate of drug-likeness (QED) is 0.580. The Morgan fingerprint density at radius 3 is 2.46 bits per heavy atom. The number of hydrogen-bond donors (Lipinski definition) is 1. The maximum atomic E-state index is 5.37. The number of benzene rings is 2. The van der Waals surface area contributed by atoms with Gasteiger partial charge in [0.05, 0.1) is 6.20 Å². The van der Waals surface area contributed by atoms with Gasteiger partial charge in [-0.15, -0.1) is 0 Å². The standard InChI is InChI=1S/C20H17N5O/c1-14(23-18-13-21-11-12-22-18)15-7-9-16(10-8-15)19-24-20(26-25-19)17-5-3-2-4-6-17/h2-14H,1H3,(H,22,23)/t14-/m1/s1. The third-order valence-corrected chi connectivity index (χ3v) is 4.04. The number of rotatable bonds is 5. The third kappa shape index (κ3) is 3.44. The fourth-order valence-corrected chi connectivity index (χ4v) is 2.64. The van der Waals surface area contributed by atoms with Crippen LogP contribution in [0.25, 0.3) is 22.8 Å². The van der Waals surface area contributed by atoms with E-state index >= 15 is 0 Å². The molecule has 2 aromatic heterocycles. The SMILES string of the molecule is C[C@@H](Nc1cnccn1)c1ccc(-c2noc(-c3ccccc3)n2)cc1. The zero-order valence-electron chi connectivity index (χ0n) is 14.2. The molecule has 2 aromatic carbocycles. The summed E-state index contributed by atoms with van der Waals surface area (Å²) in [6.45, 7) is 2.07. The maximum absolute atomic E-state index is 5.37. The van der Waals surface area contributed by atoms with E-state index in [0.717, 1.165) is 22.5 Å². The summed E-state index contributed by atoms with van der Waals surface area (Å²) in [6, 6.07) is 17.9. The molecule has 128 valence electrons. The fraction of sp³-hybridized carbons (Fsp3) is 0.100. The van der Waals surface area contributed by atoms with Crippen molar-refractivity contribution in [2.45, 2.75) is 13.0 Å². The van der Waals surface area contributed by atoms with E-state index < -0.39 is 0 Å². The molecule has 6 nitrogen and oxygen atoms in total. The highest BCUT2D eigenvalue weighted by molar-refractivity contribution is 5.60. The number of aromatic nitrogens is 4. The van der Waals surface area contributed by atoms with E-state index in [2.05, 4.69) is 32.3 Å². The molecule has 4 aromatic rings. The molecule has 0 aliphatic carbocycles. The first kappa shape index (κ1) is 16.0. The summed E-state index contributed by atoms with van der Waals surface area (Å²) >= 11 is 0. The predicted molar refractivity (Wildman–Crippen MR) is 99.2 cm³/mol. The molecule has 0 unspecified atom stereocenters. The summed E-state index contributed by atoms with van der Waals surface area (Å²) in [5, 5.41) is 7.40. The van der Waals surface area contributed by atoms with Crippen molar-refractivity contribution in [3.05, 3.63) is 78.8 Å². The summed E-state index contributed by atoms with van der Waals surface area (Å²) in [6.07, 6.45) is 5.02. The average molecular weight is 343 g/mol. The van der Waals surface area contributed by atoms with Crippen LogP contribution in [-0.4, -0.2) is 20.1 Å². The Balaban J connectivity index is 1.50. The molecule has 2 heterocycles. The third-order valence-electron chi connectivity index (χ3n) is 4.04. The van der Waals surface area contributed by atoms with Gasteiger partial charge in [0.2, 0.25) is 5.82 Å². The van der Waals surface area contributed by atoms with Crippen LogP contribution in [0, 0.1) is 0 Å². The lowest BCUT2D eigenvalue weighted by Gasteiger charge is -2.14. The molecule has 6 heteroatoms. The van der Waals surface area contributed by atoms with Crippen molar-refractivity contribution in [2.75, 3.05) is 5.32 Å². The minimum Gasteiger partial charge on any atom is -0.362 e. The first-order chi connectivity index (χ1) is 12.8. The van der Waals surface area contributed by atoms with Crippen molar-refractivity contribution in [2.24, 2.45) is 0 Å². The van der Waals surface area contributed by atoms with Crippen LogP contribution in [0.2, 0.25) is 0 Å². The van der Waals surface area contributed by atoms with Gasteiger partial charge in [0.25, 0.3) is 5.89 Å². The van der Waals surface area contributed by atoms with Crippen LogP contribution in [0.5, 0.6) is 0 Å². The molecule has 4 rings (SSSR count). The number of anilines is 1. The van der Waals surface area contributed by atoms with Crippen molar-refractivity contribution in [1.82, 2.24) is 20.1 Å². The topological polar surface area (TPSA) is 76.7 Å². The minimum absolute atomic E-state index is 0.103. The second kappa shape index (κ2) is 7.14. The Morgan fingerprint density at radius 2 is 1.73 bits per heavy atom. The summed E-state index contributed by atoms with van der Waals surface area (Å²) in [5.74, 6) is 1.84. The normalized spacial score (nSPS) is 11.9. The molecule has 0 radical (unpaired) electrons. The average Bonchev–Trinajstić information content (AvgIpc) is 3.20. The van der Waals surface area contributed by atoms with Crippen molar-refractivity contribution in [1.29, 1.82) is 0 Å². The van der Waals surface area contributed by atoms with Crippen LogP contribution in [0.1, 0.15) is 18.5 Å². The molecule has 0 spiro atoms. The van der Waals surface area contributed by atoms with E-state index in [1.807, 2.05) is 54.6 Å². The van der Waals surface area contributed by atoms with E-state index in [0.29, 0.717) is 11.7 Å². The Hall–Kier alpha value is -3.54. The van der Waals surface area contributed by atoms with Gasteiger partial charge < -0.3 is 9.84 Å². The molecule has 26 heavy (non-hydrogen) atoms. The van der Waals surface area contributed by atoms with E-state index in [9.17, 15) is 0 Å². The molecule has 1 N–H and O–H groups in total. The predicted octanol–water partition coefficient (Wildman–Crippen LogP) is 4.37. The Bertz CT molecular complexity index is 968. The van der Waals surface area contributed by atoms with Crippen molar-refractivity contribution in [3.63, 3.8) is 0 Å². The van der Waals surface area contributed by atoms with Crippen LogP contribution in [0.15, 0.2) is 77.7 Å². The smallest absolute Gasteiger partial charge is 0.258 e. The second-order valence-corrected chi connectivity index (χ2v) is 5.87. The van der Waals surface area contributed by atoms with Gasteiger partial charge in [0.1, 0.15) is 5.82 Å². The van der Waals surface area contributed by atoms with Crippen molar-refractivity contribution in [3.8, 4) is 22.8 Å². The Labute approximate surface area is 151 Å². The monoisotopic (exact) mass is 343 g/mol. The maximum Gasteiger partial charge on any atom is 0.258 e. The van der Waals surface area contributed by atoms with Crippen molar-refractivity contribution < 1.29 is 4.52 Å². The highest BCUT2D eigenvalue weighted by Gasteiger charge is 2.11. The van der Waals surface area contributed by atoms with E-state index in [1.165, 1.54) is 0 Å². The van der Waals surface area contributed by atoms with Crippen LogP contribution >= 0.6 is 0 Å². The van der Waals surface area contributed by atoms with Crippen LogP contribution in [-0.2, 0) is 0 Å². The molecule has 0 amide bonds. The number of nitrogens with one attached hydrogen (secondary N) is 1. The summed E-state index contributed by atoms with van der Waals surface area (Å²) in [5.41, 5.74) is 2.95. The van der Waals surface area contributed by atoms with E-state index in [4.69, 9.17) is 4.52 Å². The first-order valence-corrected chi connectivity index (χ1v) is 8.31. The van der Waals surface area contributed by atoms with E-state index in [1.54, 1.807) is 18.6 Å². The van der Waals surface area contributed by atoms with Crippen LogP contribution < -0.4 is 5.32 Å². The van der Waals surface area contributed by atoms with E-state index in [-0.39, 0.29) is 6.04 Å². The van der Waals surface area contributed by atoms with Crippen LogP contribution in [0.3, 0.4) is 0 Å². The highest BCUT2D eigenvalue weighted by Crippen LogP contribution is 2.24. The molecular formula is C20H17N5O. The molecule has 0 saturated carbocycles. The first-order valence-electron chi connectivity index (χ1n) is 8.31. The lowest BCUT2D eigenvalue weighted by Crippen LogP contribution is -2.07. The highest BCUT2D eigenvalue weighted by atomic mass is 16.5. The van der Waals surface area contributed by atoms with Gasteiger partial charge in [-0.25, -0.2) is 4.98 Å². The van der Waals surface area contributed by atoms with Gasteiger partial charge >= 0.3 is 0 Å². The van der Waals surface area contributed by atoms with Gasteiger partial charge in [-0.1, -0.05) is 47.6 Å². The number of nitrogens with zero attached hydrogens (tertiary/aromatic N) is 4. The lowest BCUT2D eigenvalue weighted by molar-refractivity contribution is 0.432. The van der Waals surface area contributed by atoms with Crippen LogP contribution in [0.4, 0.5) is 5.82 Å². The summed E-state index contributed by atoms with van der Waals surface area (Å²) in [4.78, 5) is 12.8. The molecule has 0 bridgehead atoms. The fourth-order valence-electron chi connectivity index (χ4n) is 2.64. The van der Waals surface area contributed by atoms with Gasteiger partial charge in [0, 0.05) is 29.6 Å². The molecule has 0 aliphatic rings. The molecule has 0 aliphatic heterocycles. The second-order valence-electron chi connectivity index (χ2n) is 5.87. The van der Waals surface area contributed by atoms with Gasteiger partial charge in [-0.3, -0.25) is 4.98 Å².